The molecule has 1 unspecified atom stereocenters. The van der Waals surface area contributed by atoms with E-state index in [4.69, 9.17) is 17.3 Å². The zero-order valence-electron chi connectivity index (χ0n) is 9.86. The molecule has 0 aromatic heterocycles. The minimum Gasteiger partial charge on any atom is -0.369 e. The molecule has 2 rings (SSSR count). The highest BCUT2D eigenvalue weighted by molar-refractivity contribution is 6.24. The first-order valence-electron chi connectivity index (χ1n) is 5.85. The van der Waals surface area contributed by atoms with Crippen LogP contribution in [0.5, 0.6) is 0 Å². The summed E-state index contributed by atoms with van der Waals surface area (Å²) in [6.07, 6.45) is 3.46. The molecule has 0 heterocycles. The standard InChI is InChI=1S/C14H14ClNO2/c15-8-4-3-6-10-9-5-1-2-7-11(9)13(17)12(10)14(16)18/h1-2,5-7,12H,3-4,8H2,(H2,16,18)/b10-6-. The summed E-state index contributed by atoms with van der Waals surface area (Å²) >= 11 is 5.63. The average molecular weight is 264 g/mol. The van der Waals surface area contributed by atoms with Gasteiger partial charge in [0.15, 0.2) is 5.78 Å². The van der Waals surface area contributed by atoms with Crippen LogP contribution in [0.15, 0.2) is 30.3 Å². The molecule has 1 aliphatic rings. The number of nitrogens with two attached hydrogens (primary N) is 1. The van der Waals surface area contributed by atoms with E-state index in [0.717, 1.165) is 24.0 Å². The van der Waals surface area contributed by atoms with E-state index >= 15 is 0 Å². The SMILES string of the molecule is NC(=O)C1C(=O)c2ccccc2/C1=C/CCCCl. The van der Waals surface area contributed by atoms with Crippen molar-refractivity contribution >= 4 is 28.9 Å². The van der Waals surface area contributed by atoms with Crippen LogP contribution in [0.2, 0.25) is 0 Å². The predicted molar refractivity (Wildman–Crippen MR) is 71.4 cm³/mol. The fraction of sp³-hybridized carbons (Fsp3) is 0.286. The molecule has 1 aromatic rings. The number of allylic oxidation sites excluding steroid dienone is 1. The lowest BCUT2D eigenvalue weighted by Crippen LogP contribution is -2.27. The molecule has 0 bridgehead atoms. The summed E-state index contributed by atoms with van der Waals surface area (Å²) in [5, 5.41) is 0. The highest BCUT2D eigenvalue weighted by Crippen LogP contribution is 2.37. The molecule has 3 nitrogen and oxygen atoms in total. The van der Waals surface area contributed by atoms with E-state index in [9.17, 15) is 9.59 Å². The molecule has 0 saturated heterocycles. The van der Waals surface area contributed by atoms with Gasteiger partial charge in [0.2, 0.25) is 5.91 Å². The number of halogens is 1. The summed E-state index contributed by atoms with van der Waals surface area (Å²) < 4.78 is 0. The fourth-order valence-electron chi connectivity index (χ4n) is 2.25. The van der Waals surface area contributed by atoms with Gasteiger partial charge in [-0.25, -0.2) is 0 Å². The Bertz CT molecular complexity index is 522. The van der Waals surface area contributed by atoms with Crippen LogP contribution < -0.4 is 5.73 Å². The molecule has 18 heavy (non-hydrogen) atoms. The van der Waals surface area contributed by atoms with Gasteiger partial charge in [-0.05, 0) is 24.0 Å². The Hall–Kier alpha value is -1.61. The van der Waals surface area contributed by atoms with Crippen molar-refractivity contribution in [2.75, 3.05) is 5.88 Å². The zero-order chi connectivity index (χ0) is 13.1. The second-order valence-corrected chi connectivity index (χ2v) is 4.61. The topological polar surface area (TPSA) is 60.2 Å². The third kappa shape index (κ3) is 2.18. The number of hydrogen-bond donors (Lipinski definition) is 1. The summed E-state index contributed by atoms with van der Waals surface area (Å²) in [5.41, 5.74) is 7.47. The molecule has 1 amide bonds. The minimum absolute atomic E-state index is 0.199. The number of ketones is 1. The smallest absolute Gasteiger partial charge is 0.232 e. The van der Waals surface area contributed by atoms with Crippen molar-refractivity contribution < 1.29 is 9.59 Å². The van der Waals surface area contributed by atoms with Gasteiger partial charge in [0.25, 0.3) is 0 Å². The first-order valence-corrected chi connectivity index (χ1v) is 6.39. The molecule has 1 aromatic carbocycles. The van der Waals surface area contributed by atoms with Gasteiger partial charge in [-0.2, -0.15) is 0 Å². The molecular formula is C14H14ClNO2. The highest BCUT2D eigenvalue weighted by atomic mass is 35.5. The number of amides is 1. The molecule has 1 atom stereocenters. The second kappa shape index (κ2) is 5.36. The van der Waals surface area contributed by atoms with E-state index in [1.54, 1.807) is 12.1 Å². The van der Waals surface area contributed by atoms with E-state index < -0.39 is 11.8 Å². The molecule has 0 aliphatic heterocycles. The summed E-state index contributed by atoms with van der Waals surface area (Å²) in [4.78, 5) is 23.6. The third-order valence-electron chi connectivity index (χ3n) is 3.06. The van der Waals surface area contributed by atoms with Crippen LogP contribution in [-0.2, 0) is 4.79 Å². The second-order valence-electron chi connectivity index (χ2n) is 4.24. The molecule has 94 valence electrons. The number of fused-ring (bicyclic) bond motifs is 1. The maximum Gasteiger partial charge on any atom is 0.232 e. The number of carbonyl (C=O) groups is 2. The van der Waals surface area contributed by atoms with Gasteiger partial charge in [-0.1, -0.05) is 30.3 Å². The maximum absolute atomic E-state index is 12.1. The van der Waals surface area contributed by atoms with Gasteiger partial charge in [-0.3, -0.25) is 9.59 Å². The number of primary amides is 1. The lowest BCUT2D eigenvalue weighted by Gasteiger charge is -2.06. The van der Waals surface area contributed by atoms with Crippen LogP contribution in [-0.4, -0.2) is 17.6 Å². The van der Waals surface area contributed by atoms with E-state index in [1.807, 2.05) is 18.2 Å². The van der Waals surface area contributed by atoms with Crippen LogP contribution in [0.25, 0.3) is 5.57 Å². The molecule has 0 fully saturated rings. The van der Waals surface area contributed by atoms with Crippen LogP contribution in [0.1, 0.15) is 28.8 Å². The van der Waals surface area contributed by atoms with E-state index in [1.165, 1.54) is 0 Å². The van der Waals surface area contributed by atoms with Gasteiger partial charge in [-0.15, -0.1) is 11.6 Å². The Morgan fingerprint density at radius 3 is 2.61 bits per heavy atom. The van der Waals surface area contributed by atoms with E-state index in [0.29, 0.717) is 11.4 Å². The summed E-state index contributed by atoms with van der Waals surface area (Å²) in [7, 11) is 0. The molecule has 0 saturated carbocycles. The van der Waals surface area contributed by atoms with E-state index in [2.05, 4.69) is 0 Å². The lowest BCUT2D eigenvalue weighted by atomic mass is 9.97. The summed E-state index contributed by atoms with van der Waals surface area (Å²) in [6.45, 7) is 0. The Morgan fingerprint density at radius 1 is 1.33 bits per heavy atom. The number of Topliss-reactive ketones (excluding diaryl/α,β-unsaturated/α-hetero) is 1. The van der Waals surface area contributed by atoms with Gasteiger partial charge >= 0.3 is 0 Å². The van der Waals surface area contributed by atoms with Gasteiger partial charge in [0.1, 0.15) is 5.92 Å². The van der Waals surface area contributed by atoms with Crippen LogP contribution in [0.4, 0.5) is 0 Å². The third-order valence-corrected chi connectivity index (χ3v) is 3.33. The molecule has 0 radical (unpaired) electrons. The van der Waals surface area contributed by atoms with Crippen molar-refractivity contribution in [3.05, 3.63) is 41.5 Å². The number of benzene rings is 1. The molecule has 0 spiro atoms. The molecular weight excluding hydrogens is 250 g/mol. The van der Waals surface area contributed by atoms with Crippen LogP contribution in [0, 0.1) is 5.92 Å². The van der Waals surface area contributed by atoms with Crippen molar-refractivity contribution in [1.82, 2.24) is 0 Å². The van der Waals surface area contributed by atoms with Crippen molar-refractivity contribution in [2.45, 2.75) is 12.8 Å². The minimum atomic E-state index is -0.835. The monoisotopic (exact) mass is 263 g/mol. The first-order chi connectivity index (χ1) is 8.66. The van der Waals surface area contributed by atoms with E-state index in [-0.39, 0.29) is 5.78 Å². The number of unbranched alkanes of at least 4 members (excludes halogenated alkanes) is 1. The van der Waals surface area contributed by atoms with Gasteiger partial charge in [0.05, 0.1) is 0 Å². The summed E-state index contributed by atoms with van der Waals surface area (Å²) in [6, 6.07) is 7.22. The van der Waals surface area contributed by atoms with Gasteiger partial charge in [0, 0.05) is 11.4 Å². The molecule has 1 aliphatic carbocycles. The molecule has 4 heteroatoms. The highest BCUT2D eigenvalue weighted by Gasteiger charge is 2.38. The summed E-state index contributed by atoms with van der Waals surface area (Å²) in [5.74, 6) is -1.07. The number of carbonyl (C=O) groups excluding carboxylic acids is 2. The van der Waals surface area contributed by atoms with Crippen molar-refractivity contribution in [1.29, 1.82) is 0 Å². The molecule has 2 N–H and O–H groups in total. The lowest BCUT2D eigenvalue weighted by molar-refractivity contribution is -0.118. The fourth-order valence-corrected chi connectivity index (χ4v) is 2.40. The van der Waals surface area contributed by atoms with Crippen molar-refractivity contribution in [2.24, 2.45) is 11.7 Å². The quantitative estimate of drug-likeness (QED) is 0.515. The van der Waals surface area contributed by atoms with Crippen molar-refractivity contribution in [3.8, 4) is 0 Å². The predicted octanol–water partition coefficient (Wildman–Crippen LogP) is 2.39. The number of rotatable bonds is 4. The Labute approximate surface area is 111 Å². The van der Waals surface area contributed by atoms with Crippen LogP contribution >= 0.6 is 11.6 Å². The zero-order valence-corrected chi connectivity index (χ0v) is 10.6. The van der Waals surface area contributed by atoms with Crippen LogP contribution in [0.3, 0.4) is 0 Å². The Morgan fingerprint density at radius 2 is 2.00 bits per heavy atom. The maximum atomic E-state index is 12.1. The largest absolute Gasteiger partial charge is 0.369 e. The number of hydrogen-bond acceptors (Lipinski definition) is 2. The van der Waals surface area contributed by atoms with Gasteiger partial charge < -0.3 is 5.73 Å². The van der Waals surface area contributed by atoms with Crippen molar-refractivity contribution in [3.63, 3.8) is 0 Å². The average Bonchev–Trinajstić information content (AvgIpc) is 2.64. The normalized spacial score (nSPS) is 20.2. The Kier molecular flexibility index (Phi) is 3.82. The first kappa shape index (κ1) is 12.8. The number of alkyl halides is 1. The Balaban J connectivity index is 2.43.